The van der Waals surface area contributed by atoms with Crippen LogP contribution in [0.2, 0.25) is 0 Å². The summed E-state index contributed by atoms with van der Waals surface area (Å²) in [6.07, 6.45) is 3.09. The second-order valence-corrected chi connectivity index (χ2v) is 5.00. The maximum Gasteiger partial charge on any atom is 0.305 e. The largest absolute Gasteiger partial charge is 0.481 e. The number of fused-ring (bicyclic) bond motifs is 1. The molecular weight excluding hydrogens is 270 g/mol. The van der Waals surface area contributed by atoms with Crippen molar-refractivity contribution in [1.82, 2.24) is 14.9 Å². The number of carboxylic acid groups (broad SMARTS) is 1. The Labute approximate surface area is 122 Å². The van der Waals surface area contributed by atoms with Gasteiger partial charge in [0.2, 0.25) is 0 Å². The molecule has 0 fully saturated rings. The third-order valence-electron chi connectivity index (χ3n) is 3.17. The zero-order valence-corrected chi connectivity index (χ0v) is 12.0. The monoisotopic (exact) mass is 287 g/mol. The topological polar surface area (TPSA) is 83.4 Å². The van der Waals surface area contributed by atoms with Gasteiger partial charge >= 0.3 is 5.97 Å². The van der Waals surface area contributed by atoms with E-state index in [1.54, 1.807) is 35.5 Å². The Morgan fingerprint density at radius 2 is 1.86 bits per heavy atom. The standard InChI is InChI=1S/C15H17N3O3/c1-10(2)18(8-5-14(19)20)15(21)11-3-4-12-13(9-11)17-7-6-16-12/h3-4,6-7,9-10H,5,8H2,1-2H3,(H,19,20). The average molecular weight is 287 g/mol. The second kappa shape index (κ2) is 6.30. The van der Waals surface area contributed by atoms with Crippen molar-refractivity contribution in [2.24, 2.45) is 0 Å². The third kappa shape index (κ3) is 3.53. The molecule has 1 amide bonds. The van der Waals surface area contributed by atoms with Crippen molar-refractivity contribution >= 4 is 22.9 Å². The van der Waals surface area contributed by atoms with Gasteiger partial charge in [0.1, 0.15) is 0 Å². The van der Waals surface area contributed by atoms with Crippen molar-refractivity contribution in [3.63, 3.8) is 0 Å². The van der Waals surface area contributed by atoms with Gasteiger partial charge in [0.25, 0.3) is 5.91 Å². The van der Waals surface area contributed by atoms with Gasteiger partial charge in [-0.05, 0) is 32.0 Å². The van der Waals surface area contributed by atoms with Crippen LogP contribution < -0.4 is 0 Å². The van der Waals surface area contributed by atoms with E-state index in [9.17, 15) is 9.59 Å². The number of hydrogen-bond acceptors (Lipinski definition) is 4. The number of carbonyl (C=O) groups excluding carboxylic acids is 1. The number of carboxylic acids is 1. The zero-order valence-electron chi connectivity index (χ0n) is 12.0. The maximum atomic E-state index is 12.5. The molecule has 1 aromatic carbocycles. The summed E-state index contributed by atoms with van der Waals surface area (Å²) in [6.45, 7) is 3.91. The summed E-state index contributed by atoms with van der Waals surface area (Å²) >= 11 is 0. The van der Waals surface area contributed by atoms with Gasteiger partial charge in [0.05, 0.1) is 17.5 Å². The minimum Gasteiger partial charge on any atom is -0.481 e. The molecule has 1 N–H and O–H groups in total. The SMILES string of the molecule is CC(C)N(CCC(=O)O)C(=O)c1ccc2nccnc2c1. The lowest BCUT2D eigenvalue weighted by molar-refractivity contribution is -0.137. The van der Waals surface area contributed by atoms with Crippen molar-refractivity contribution in [2.45, 2.75) is 26.3 Å². The fourth-order valence-electron chi connectivity index (χ4n) is 2.07. The van der Waals surface area contributed by atoms with E-state index in [0.29, 0.717) is 11.1 Å². The molecule has 0 spiro atoms. The molecule has 2 rings (SSSR count). The van der Waals surface area contributed by atoms with Crippen LogP contribution in [0, 0.1) is 0 Å². The smallest absolute Gasteiger partial charge is 0.305 e. The average Bonchev–Trinajstić information content (AvgIpc) is 2.46. The number of hydrogen-bond donors (Lipinski definition) is 1. The van der Waals surface area contributed by atoms with E-state index in [1.165, 1.54) is 0 Å². The Kier molecular flexibility index (Phi) is 4.47. The van der Waals surface area contributed by atoms with Crippen molar-refractivity contribution in [1.29, 1.82) is 0 Å². The molecule has 0 saturated carbocycles. The Bertz CT molecular complexity index is 670. The number of nitrogens with zero attached hydrogens (tertiary/aromatic N) is 3. The van der Waals surface area contributed by atoms with Crippen molar-refractivity contribution in [3.8, 4) is 0 Å². The first kappa shape index (κ1) is 14.9. The van der Waals surface area contributed by atoms with Crippen molar-refractivity contribution < 1.29 is 14.7 Å². The highest BCUT2D eigenvalue weighted by atomic mass is 16.4. The molecule has 21 heavy (non-hydrogen) atoms. The molecule has 0 aliphatic heterocycles. The summed E-state index contributed by atoms with van der Waals surface area (Å²) in [7, 11) is 0. The molecule has 0 aliphatic carbocycles. The van der Waals surface area contributed by atoms with E-state index in [-0.39, 0.29) is 24.9 Å². The van der Waals surface area contributed by atoms with Crippen molar-refractivity contribution in [2.75, 3.05) is 6.54 Å². The van der Waals surface area contributed by atoms with Crippen LogP contribution in [0.15, 0.2) is 30.6 Å². The van der Waals surface area contributed by atoms with Gasteiger partial charge in [-0.25, -0.2) is 0 Å². The Morgan fingerprint density at radius 1 is 1.19 bits per heavy atom. The van der Waals surface area contributed by atoms with E-state index in [4.69, 9.17) is 5.11 Å². The fourth-order valence-corrected chi connectivity index (χ4v) is 2.07. The van der Waals surface area contributed by atoms with Gasteiger partial charge in [-0.2, -0.15) is 0 Å². The lowest BCUT2D eigenvalue weighted by Gasteiger charge is -2.26. The first-order valence-corrected chi connectivity index (χ1v) is 6.72. The molecule has 0 unspecified atom stereocenters. The molecule has 0 atom stereocenters. The van der Waals surface area contributed by atoms with E-state index < -0.39 is 5.97 Å². The predicted octanol–water partition coefficient (Wildman–Crippen LogP) is 1.96. The maximum absolute atomic E-state index is 12.5. The summed E-state index contributed by atoms with van der Waals surface area (Å²) in [5, 5.41) is 8.78. The Balaban J connectivity index is 2.27. The van der Waals surface area contributed by atoms with Crippen LogP contribution in [-0.4, -0.2) is 44.4 Å². The minimum atomic E-state index is -0.919. The highest BCUT2D eigenvalue weighted by Gasteiger charge is 2.20. The molecular formula is C15H17N3O3. The number of rotatable bonds is 5. The van der Waals surface area contributed by atoms with Gasteiger partial charge in [-0.3, -0.25) is 19.6 Å². The Morgan fingerprint density at radius 3 is 2.48 bits per heavy atom. The van der Waals surface area contributed by atoms with Crippen LogP contribution in [-0.2, 0) is 4.79 Å². The number of carbonyl (C=O) groups is 2. The number of aliphatic carboxylic acids is 1. The second-order valence-electron chi connectivity index (χ2n) is 5.00. The first-order chi connectivity index (χ1) is 9.99. The predicted molar refractivity (Wildman–Crippen MR) is 78.0 cm³/mol. The normalized spacial score (nSPS) is 10.8. The highest BCUT2D eigenvalue weighted by molar-refractivity contribution is 5.97. The molecule has 0 bridgehead atoms. The summed E-state index contributed by atoms with van der Waals surface area (Å²) in [5.74, 6) is -1.11. The van der Waals surface area contributed by atoms with Gasteiger partial charge in [-0.1, -0.05) is 0 Å². The van der Waals surface area contributed by atoms with Crippen LogP contribution >= 0.6 is 0 Å². The number of amides is 1. The van der Waals surface area contributed by atoms with E-state index in [1.807, 2.05) is 13.8 Å². The molecule has 2 aromatic rings. The van der Waals surface area contributed by atoms with Crippen molar-refractivity contribution in [3.05, 3.63) is 36.2 Å². The van der Waals surface area contributed by atoms with E-state index in [2.05, 4.69) is 9.97 Å². The van der Waals surface area contributed by atoms with E-state index in [0.717, 1.165) is 5.52 Å². The van der Waals surface area contributed by atoms with Crippen LogP contribution in [0.25, 0.3) is 11.0 Å². The zero-order chi connectivity index (χ0) is 15.4. The third-order valence-corrected chi connectivity index (χ3v) is 3.17. The molecule has 1 heterocycles. The van der Waals surface area contributed by atoms with Gasteiger partial charge in [0.15, 0.2) is 0 Å². The summed E-state index contributed by atoms with van der Waals surface area (Å²) in [6, 6.07) is 5.04. The van der Waals surface area contributed by atoms with Crippen LogP contribution in [0.4, 0.5) is 0 Å². The number of benzene rings is 1. The van der Waals surface area contributed by atoms with Crippen LogP contribution in [0.5, 0.6) is 0 Å². The molecule has 6 heteroatoms. The number of aromatic nitrogens is 2. The van der Waals surface area contributed by atoms with Gasteiger partial charge in [-0.15, -0.1) is 0 Å². The molecule has 0 radical (unpaired) electrons. The first-order valence-electron chi connectivity index (χ1n) is 6.72. The summed E-state index contributed by atoms with van der Waals surface area (Å²) in [4.78, 5) is 33.1. The summed E-state index contributed by atoms with van der Waals surface area (Å²) < 4.78 is 0. The fraction of sp³-hybridized carbons (Fsp3) is 0.333. The van der Waals surface area contributed by atoms with Crippen LogP contribution in [0.3, 0.4) is 0 Å². The van der Waals surface area contributed by atoms with Gasteiger partial charge < -0.3 is 10.0 Å². The molecule has 6 nitrogen and oxygen atoms in total. The summed E-state index contributed by atoms with van der Waals surface area (Å²) in [5.41, 5.74) is 1.85. The van der Waals surface area contributed by atoms with Gasteiger partial charge in [0, 0.05) is 30.5 Å². The Hall–Kier alpha value is -2.50. The highest BCUT2D eigenvalue weighted by Crippen LogP contribution is 2.14. The van der Waals surface area contributed by atoms with Crippen LogP contribution in [0.1, 0.15) is 30.6 Å². The molecule has 0 saturated heterocycles. The quantitative estimate of drug-likeness (QED) is 0.908. The minimum absolute atomic E-state index is 0.0721. The molecule has 1 aromatic heterocycles. The lowest BCUT2D eigenvalue weighted by Crippen LogP contribution is -2.38. The lowest BCUT2D eigenvalue weighted by atomic mass is 10.1. The molecule has 110 valence electrons. The van der Waals surface area contributed by atoms with E-state index >= 15 is 0 Å². The molecule has 0 aliphatic rings.